The Morgan fingerprint density at radius 1 is 1.00 bits per heavy atom. The smallest absolute Gasteiger partial charge is 0.387 e. The van der Waals surface area contributed by atoms with Crippen LogP contribution in [0.2, 0.25) is 0 Å². The average Bonchev–Trinajstić information content (AvgIpc) is 2.73. The third-order valence-electron chi connectivity index (χ3n) is 4.73. The van der Waals surface area contributed by atoms with E-state index >= 15 is 0 Å². The summed E-state index contributed by atoms with van der Waals surface area (Å²) in [5.74, 6) is -0.199. The van der Waals surface area contributed by atoms with Gasteiger partial charge in [-0.25, -0.2) is 8.42 Å². The Morgan fingerprint density at radius 2 is 1.60 bits per heavy atom. The fourth-order valence-electron chi connectivity index (χ4n) is 3.04. The lowest BCUT2D eigenvalue weighted by atomic mass is 10.2. The maximum atomic E-state index is 12.7. The van der Waals surface area contributed by atoms with Crippen LogP contribution in [0.3, 0.4) is 0 Å². The number of ether oxygens (including phenoxy) is 1. The summed E-state index contributed by atoms with van der Waals surface area (Å²) in [6.07, 6.45) is 2.96. The van der Waals surface area contributed by atoms with Gasteiger partial charge in [-0.05, 0) is 42.8 Å². The van der Waals surface area contributed by atoms with Crippen LogP contribution in [0, 0.1) is 6.92 Å². The molecule has 2 aromatic carbocycles. The van der Waals surface area contributed by atoms with Gasteiger partial charge in [-0.2, -0.15) is 13.1 Å². The van der Waals surface area contributed by atoms with Gasteiger partial charge in [0.05, 0.1) is 4.90 Å². The Hall–Kier alpha value is -2.78. The molecule has 0 unspecified atom stereocenters. The molecule has 1 aliphatic heterocycles. The number of aryl methyl sites for hydroxylation is 1. The third-order valence-corrected chi connectivity index (χ3v) is 6.65. The van der Waals surface area contributed by atoms with E-state index in [0.717, 1.165) is 5.56 Å². The average molecular weight is 436 g/mol. The van der Waals surface area contributed by atoms with Crippen molar-refractivity contribution in [3.63, 3.8) is 0 Å². The molecule has 2 aromatic rings. The predicted molar refractivity (Wildman–Crippen MR) is 109 cm³/mol. The van der Waals surface area contributed by atoms with Crippen molar-refractivity contribution in [2.24, 2.45) is 0 Å². The summed E-state index contributed by atoms with van der Waals surface area (Å²) in [6.45, 7) is 0.0109. The topological polar surface area (TPSA) is 66.9 Å². The van der Waals surface area contributed by atoms with Gasteiger partial charge in [0.25, 0.3) is 0 Å². The zero-order valence-corrected chi connectivity index (χ0v) is 17.2. The molecule has 1 aliphatic rings. The Kier molecular flexibility index (Phi) is 6.84. The van der Waals surface area contributed by atoms with Gasteiger partial charge in [0, 0.05) is 32.3 Å². The molecule has 0 saturated carbocycles. The summed E-state index contributed by atoms with van der Waals surface area (Å²) in [5, 5.41) is 0. The van der Waals surface area contributed by atoms with Crippen molar-refractivity contribution in [2.45, 2.75) is 18.4 Å². The Balaban J connectivity index is 1.56. The molecule has 9 heteroatoms. The highest BCUT2D eigenvalue weighted by Crippen LogP contribution is 2.19. The number of carbonyl (C=O) groups is 1. The number of hydrogen-bond acceptors (Lipinski definition) is 4. The van der Waals surface area contributed by atoms with Crippen LogP contribution in [-0.2, 0) is 14.8 Å². The number of halogens is 2. The van der Waals surface area contributed by atoms with E-state index in [1.807, 2.05) is 6.92 Å². The van der Waals surface area contributed by atoms with Crippen LogP contribution in [-0.4, -0.2) is 56.3 Å². The van der Waals surface area contributed by atoms with Crippen LogP contribution in [0.4, 0.5) is 8.78 Å². The lowest BCUT2D eigenvalue weighted by Gasteiger charge is -2.33. The van der Waals surface area contributed by atoms with E-state index in [0.29, 0.717) is 5.56 Å². The van der Waals surface area contributed by atoms with Crippen molar-refractivity contribution in [1.29, 1.82) is 0 Å². The molecule has 0 N–H and O–H groups in total. The van der Waals surface area contributed by atoms with Gasteiger partial charge in [0.1, 0.15) is 5.75 Å². The van der Waals surface area contributed by atoms with Crippen LogP contribution in [0.15, 0.2) is 59.5 Å². The van der Waals surface area contributed by atoms with Gasteiger partial charge in [-0.3, -0.25) is 4.79 Å². The first-order valence-corrected chi connectivity index (χ1v) is 10.8. The molecule has 3 rings (SSSR count). The van der Waals surface area contributed by atoms with Crippen molar-refractivity contribution in [3.05, 3.63) is 65.7 Å². The second-order valence-electron chi connectivity index (χ2n) is 6.82. The molecule has 30 heavy (non-hydrogen) atoms. The van der Waals surface area contributed by atoms with Crippen molar-refractivity contribution in [3.8, 4) is 5.75 Å². The van der Waals surface area contributed by atoms with Crippen molar-refractivity contribution >= 4 is 22.0 Å². The molecular weight excluding hydrogens is 414 g/mol. The molecule has 0 spiro atoms. The Labute approximate surface area is 174 Å². The third kappa shape index (κ3) is 5.43. The highest BCUT2D eigenvalue weighted by Gasteiger charge is 2.29. The molecule has 0 radical (unpaired) electrons. The summed E-state index contributed by atoms with van der Waals surface area (Å²) < 4.78 is 55.5. The van der Waals surface area contributed by atoms with Gasteiger partial charge < -0.3 is 9.64 Å². The van der Waals surface area contributed by atoms with Gasteiger partial charge in [-0.15, -0.1) is 0 Å². The standard InChI is InChI=1S/C21H22F2N2O4S/c1-16-2-9-19(10-3-16)30(27,28)25-14-12-24(13-15-25)20(26)11-6-17-4-7-18(8-5-17)29-21(22)23/h2-11,21H,12-15H2,1H3/b11-6+. The van der Waals surface area contributed by atoms with Gasteiger partial charge in [0.15, 0.2) is 0 Å². The maximum Gasteiger partial charge on any atom is 0.387 e. The van der Waals surface area contributed by atoms with Crippen molar-refractivity contribution < 1.29 is 26.7 Å². The molecule has 1 amide bonds. The molecule has 0 aliphatic carbocycles. The minimum atomic E-state index is -3.58. The summed E-state index contributed by atoms with van der Waals surface area (Å²) >= 11 is 0. The van der Waals surface area contributed by atoms with Crippen LogP contribution in [0.1, 0.15) is 11.1 Å². The van der Waals surface area contributed by atoms with E-state index in [-0.39, 0.29) is 42.7 Å². The molecule has 6 nitrogen and oxygen atoms in total. The summed E-state index contributed by atoms with van der Waals surface area (Å²) in [7, 11) is -3.58. The molecular formula is C21H22F2N2O4S. The Morgan fingerprint density at radius 3 is 2.17 bits per heavy atom. The van der Waals surface area contributed by atoms with E-state index in [2.05, 4.69) is 4.74 Å². The molecule has 0 bridgehead atoms. The maximum absolute atomic E-state index is 12.7. The lowest BCUT2D eigenvalue weighted by molar-refractivity contribution is -0.127. The molecule has 160 valence electrons. The number of piperazine rings is 1. The number of amides is 1. The number of rotatable bonds is 6. The number of benzene rings is 2. The normalized spacial score (nSPS) is 15.7. The fourth-order valence-corrected chi connectivity index (χ4v) is 4.46. The molecule has 0 aromatic heterocycles. The van der Waals surface area contributed by atoms with E-state index in [1.165, 1.54) is 22.5 Å². The predicted octanol–water partition coefficient (Wildman–Crippen LogP) is 3.14. The fraction of sp³-hybridized carbons (Fsp3) is 0.286. The van der Waals surface area contributed by atoms with E-state index in [9.17, 15) is 22.0 Å². The molecule has 1 heterocycles. The zero-order chi connectivity index (χ0) is 21.7. The quantitative estimate of drug-likeness (QED) is 0.653. The van der Waals surface area contributed by atoms with E-state index < -0.39 is 16.6 Å². The van der Waals surface area contributed by atoms with E-state index in [4.69, 9.17) is 0 Å². The van der Waals surface area contributed by atoms with E-state index in [1.54, 1.807) is 47.4 Å². The largest absolute Gasteiger partial charge is 0.435 e. The lowest BCUT2D eigenvalue weighted by Crippen LogP contribution is -2.50. The van der Waals surface area contributed by atoms with Crippen molar-refractivity contribution in [1.82, 2.24) is 9.21 Å². The van der Waals surface area contributed by atoms with Crippen LogP contribution in [0.25, 0.3) is 6.08 Å². The number of hydrogen-bond donors (Lipinski definition) is 0. The molecule has 1 fully saturated rings. The summed E-state index contributed by atoms with van der Waals surface area (Å²) in [5.41, 5.74) is 1.64. The first kappa shape index (κ1) is 21.9. The number of sulfonamides is 1. The van der Waals surface area contributed by atoms with Gasteiger partial charge in [-0.1, -0.05) is 29.8 Å². The second-order valence-corrected chi connectivity index (χ2v) is 8.76. The van der Waals surface area contributed by atoms with Crippen LogP contribution in [0.5, 0.6) is 5.75 Å². The monoisotopic (exact) mass is 436 g/mol. The first-order valence-electron chi connectivity index (χ1n) is 9.34. The minimum absolute atomic E-state index is 0.0411. The van der Waals surface area contributed by atoms with Gasteiger partial charge in [0.2, 0.25) is 15.9 Å². The van der Waals surface area contributed by atoms with Gasteiger partial charge >= 0.3 is 6.61 Å². The number of nitrogens with zero attached hydrogens (tertiary/aromatic N) is 2. The van der Waals surface area contributed by atoms with Crippen LogP contribution < -0.4 is 4.74 Å². The SMILES string of the molecule is Cc1ccc(S(=O)(=O)N2CCN(C(=O)/C=C/c3ccc(OC(F)F)cc3)CC2)cc1. The highest BCUT2D eigenvalue weighted by atomic mass is 32.2. The van der Waals surface area contributed by atoms with Crippen molar-refractivity contribution in [2.75, 3.05) is 26.2 Å². The molecule has 0 atom stereocenters. The first-order chi connectivity index (χ1) is 14.3. The number of alkyl halides is 2. The number of carbonyl (C=O) groups excluding carboxylic acids is 1. The Bertz CT molecular complexity index is 998. The molecule has 1 saturated heterocycles. The second kappa shape index (κ2) is 9.36. The zero-order valence-electron chi connectivity index (χ0n) is 16.4. The van der Waals surface area contributed by atoms with Crippen LogP contribution >= 0.6 is 0 Å². The highest BCUT2D eigenvalue weighted by molar-refractivity contribution is 7.89. The minimum Gasteiger partial charge on any atom is -0.435 e. The summed E-state index contributed by atoms with van der Waals surface area (Å²) in [4.78, 5) is 14.2. The summed E-state index contributed by atoms with van der Waals surface area (Å²) in [6, 6.07) is 12.6.